The smallest absolute Gasteiger partial charge is 0.207 e. The second-order valence-corrected chi connectivity index (χ2v) is 11.4. The average Bonchev–Trinajstić information content (AvgIpc) is 3.03. The number of fused-ring (bicyclic) bond motifs is 5. The first-order valence-electron chi connectivity index (χ1n) is 10.7. The van der Waals surface area contributed by atoms with Crippen molar-refractivity contribution in [3.8, 4) is 11.1 Å². The summed E-state index contributed by atoms with van der Waals surface area (Å²) in [5.41, 5.74) is 6.10. The second-order valence-electron chi connectivity index (χ2n) is 8.43. The van der Waals surface area contributed by atoms with Crippen molar-refractivity contribution in [1.82, 2.24) is 0 Å². The van der Waals surface area contributed by atoms with Gasteiger partial charge in [0, 0.05) is 26.6 Å². The molecular weight excluding hydrogens is 434 g/mol. The predicted octanol–water partition coefficient (Wildman–Crippen LogP) is 7.56. The number of benzene rings is 4. The van der Waals surface area contributed by atoms with Gasteiger partial charge in [-0.2, -0.15) is 0 Å². The maximum atomic E-state index is 13.1. The van der Waals surface area contributed by atoms with Gasteiger partial charge in [0.2, 0.25) is 9.84 Å². The van der Waals surface area contributed by atoms with E-state index in [4.69, 9.17) is 0 Å². The van der Waals surface area contributed by atoms with Crippen molar-refractivity contribution in [3.05, 3.63) is 90.5 Å². The lowest BCUT2D eigenvalue weighted by atomic mass is 9.98. The molecule has 0 bridgehead atoms. The Morgan fingerprint density at radius 3 is 2.31 bits per heavy atom. The molecule has 0 saturated heterocycles. The van der Waals surface area contributed by atoms with E-state index in [1.165, 1.54) is 21.0 Å². The third kappa shape index (κ3) is 2.71. The first-order valence-corrected chi connectivity index (χ1v) is 13.0. The van der Waals surface area contributed by atoms with Gasteiger partial charge in [-0.3, -0.25) is 0 Å². The Bertz CT molecular complexity index is 1510. The van der Waals surface area contributed by atoms with Crippen molar-refractivity contribution in [2.75, 3.05) is 4.90 Å². The molecule has 0 N–H and O–H groups in total. The highest BCUT2D eigenvalue weighted by molar-refractivity contribution is 7.99. The van der Waals surface area contributed by atoms with Gasteiger partial charge >= 0.3 is 0 Å². The van der Waals surface area contributed by atoms with Gasteiger partial charge in [0.1, 0.15) is 0 Å². The van der Waals surface area contributed by atoms with Crippen LogP contribution in [-0.4, -0.2) is 8.42 Å². The van der Waals surface area contributed by atoms with Crippen molar-refractivity contribution < 1.29 is 8.42 Å². The maximum absolute atomic E-state index is 13.1. The molecular formula is C27H21NO2S2. The average molecular weight is 456 g/mol. The van der Waals surface area contributed by atoms with E-state index in [9.17, 15) is 8.42 Å². The molecule has 158 valence electrons. The topological polar surface area (TPSA) is 37.4 Å². The van der Waals surface area contributed by atoms with Crippen LogP contribution in [0.5, 0.6) is 0 Å². The number of sulfone groups is 1. The van der Waals surface area contributed by atoms with E-state index in [1.54, 1.807) is 30.0 Å². The third-order valence-corrected chi connectivity index (χ3v) is 9.16. The van der Waals surface area contributed by atoms with Crippen molar-refractivity contribution in [1.29, 1.82) is 0 Å². The van der Waals surface area contributed by atoms with Crippen molar-refractivity contribution >= 4 is 38.7 Å². The fourth-order valence-corrected chi connectivity index (χ4v) is 7.47. The quantitative estimate of drug-likeness (QED) is 0.270. The summed E-state index contributed by atoms with van der Waals surface area (Å²) >= 11 is 1.79. The van der Waals surface area contributed by atoms with Gasteiger partial charge in [0.25, 0.3) is 0 Å². The number of hydrogen-bond acceptors (Lipinski definition) is 4. The van der Waals surface area contributed by atoms with Crippen molar-refractivity contribution in [2.45, 2.75) is 39.3 Å². The summed E-state index contributed by atoms with van der Waals surface area (Å²) in [5.74, 6) is 0.355. The Balaban J connectivity index is 1.64. The molecule has 2 aliphatic rings. The van der Waals surface area contributed by atoms with Crippen LogP contribution in [0.2, 0.25) is 0 Å². The molecule has 4 aromatic rings. The zero-order valence-corrected chi connectivity index (χ0v) is 19.4. The lowest BCUT2D eigenvalue weighted by Gasteiger charge is -2.35. The highest BCUT2D eigenvalue weighted by Crippen LogP contribution is 2.55. The van der Waals surface area contributed by atoms with Crippen LogP contribution in [0.15, 0.2) is 105 Å². The summed E-state index contributed by atoms with van der Waals surface area (Å²) in [6, 6.07) is 27.9. The van der Waals surface area contributed by atoms with E-state index in [-0.39, 0.29) is 0 Å². The summed E-state index contributed by atoms with van der Waals surface area (Å²) in [5, 5.41) is 0. The zero-order valence-electron chi connectivity index (χ0n) is 17.7. The summed E-state index contributed by atoms with van der Waals surface area (Å²) in [6.45, 7) is 4.43. The Morgan fingerprint density at radius 2 is 1.47 bits per heavy atom. The van der Waals surface area contributed by atoms with Crippen LogP contribution in [0.1, 0.15) is 25.3 Å². The van der Waals surface area contributed by atoms with Crippen LogP contribution >= 0.6 is 11.8 Å². The number of rotatable bonds is 2. The van der Waals surface area contributed by atoms with Crippen molar-refractivity contribution in [2.24, 2.45) is 0 Å². The molecule has 0 fully saturated rings. The minimum atomic E-state index is -3.48. The largest absolute Gasteiger partial charge is 0.308 e. The third-order valence-electron chi connectivity index (χ3n) is 6.18. The molecule has 3 nitrogen and oxygen atoms in total. The normalized spacial score (nSPS) is 15.2. The summed E-state index contributed by atoms with van der Waals surface area (Å²) < 4.78 is 26.2. The van der Waals surface area contributed by atoms with Crippen LogP contribution in [0, 0.1) is 0 Å². The standard InChI is InChI=1S/C27H21NO2S2/c1-17(2)19-9-7-12-24-27(19)28(22-10-4-5-11-23(22)31-24)18-14-15-26-21(16-18)20-8-3-6-13-25(20)32(26,29)30/h3-17H,1-2H3. The molecule has 4 aromatic carbocycles. The summed E-state index contributed by atoms with van der Waals surface area (Å²) in [4.78, 5) is 5.48. The molecule has 0 atom stereocenters. The number of anilines is 3. The fourth-order valence-electron chi connectivity index (χ4n) is 4.71. The minimum Gasteiger partial charge on any atom is -0.308 e. The number of nitrogens with zero attached hydrogens (tertiary/aromatic N) is 1. The van der Waals surface area contributed by atoms with Crippen LogP contribution < -0.4 is 4.90 Å². The molecule has 0 aliphatic carbocycles. The minimum absolute atomic E-state index is 0.355. The van der Waals surface area contributed by atoms with Crippen molar-refractivity contribution in [3.63, 3.8) is 0 Å². The van der Waals surface area contributed by atoms with Crippen LogP contribution in [0.3, 0.4) is 0 Å². The SMILES string of the molecule is CC(C)c1cccc2c1N(c1ccc3c(c1)-c1ccccc1S3(=O)=O)c1ccccc1S2. The number of para-hydroxylation sites is 2. The van der Waals surface area contributed by atoms with Crippen LogP contribution in [0.25, 0.3) is 11.1 Å². The molecule has 0 unspecified atom stereocenters. The molecule has 0 amide bonds. The van der Waals surface area contributed by atoms with Crippen LogP contribution in [0.4, 0.5) is 17.1 Å². The highest BCUT2D eigenvalue weighted by atomic mass is 32.2. The van der Waals surface area contributed by atoms with E-state index in [0.29, 0.717) is 15.7 Å². The Hall–Kier alpha value is -3.02. The van der Waals surface area contributed by atoms with Gasteiger partial charge in [0.05, 0.1) is 21.2 Å². The molecule has 0 saturated carbocycles. The van der Waals surface area contributed by atoms with E-state index in [0.717, 1.165) is 22.5 Å². The Kier molecular flexibility index (Phi) is 4.29. The van der Waals surface area contributed by atoms with Gasteiger partial charge in [-0.15, -0.1) is 0 Å². The summed E-state index contributed by atoms with van der Waals surface area (Å²) in [6.07, 6.45) is 0. The van der Waals surface area contributed by atoms with E-state index in [2.05, 4.69) is 61.2 Å². The van der Waals surface area contributed by atoms with E-state index in [1.807, 2.05) is 24.3 Å². The predicted molar refractivity (Wildman–Crippen MR) is 130 cm³/mol. The Labute approximate surface area is 192 Å². The second kappa shape index (κ2) is 6.99. The van der Waals surface area contributed by atoms with Gasteiger partial charge < -0.3 is 4.90 Å². The number of hydrogen-bond donors (Lipinski definition) is 0. The maximum Gasteiger partial charge on any atom is 0.207 e. The molecule has 0 aromatic heterocycles. The molecule has 32 heavy (non-hydrogen) atoms. The molecule has 5 heteroatoms. The van der Waals surface area contributed by atoms with E-state index < -0.39 is 9.84 Å². The van der Waals surface area contributed by atoms with Gasteiger partial charge in [-0.25, -0.2) is 8.42 Å². The van der Waals surface area contributed by atoms with Crippen LogP contribution in [-0.2, 0) is 9.84 Å². The fraction of sp³-hybridized carbons (Fsp3) is 0.111. The van der Waals surface area contributed by atoms with E-state index >= 15 is 0 Å². The molecule has 2 aliphatic heterocycles. The molecule has 0 radical (unpaired) electrons. The van der Waals surface area contributed by atoms with Gasteiger partial charge in [-0.1, -0.05) is 68.1 Å². The molecule has 0 spiro atoms. The first kappa shape index (κ1) is 19.6. The summed E-state index contributed by atoms with van der Waals surface area (Å²) in [7, 11) is -3.48. The zero-order chi connectivity index (χ0) is 22.0. The van der Waals surface area contributed by atoms with Gasteiger partial charge in [0.15, 0.2) is 0 Å². The Morgan fingerprint density at radius 1 is 0.750 bits per heavy atom. The lowest BCUT2D eigenvalue weighted by molar-refractivity contribution is 0.598. The first-order chi connectivity index (χ1) is 15.5. The monoisotopic (exact) mass is 455 g/mol. The highest BCUT2D eigenvalue weighted by Gasteiger charge is 2.34. The molecule has 6 rings (SSSR count). The molecule has 2 heterocycles. The van der Waals surface area contributed by atoms with Gasteiger partial charge in [-0.05, 0) is 53.9 Å². The lowest BCUT2D eigenvalue weighted by Crippen LogP contribution is -2.17.